The van der Waals surface area contributed by atoms with E-state index >= 15 is 0 Å². The minimum absolute atomic E-state index is 0.389. The Hall–Kier alpha value is -2.86. The van der Waals surface area contributed by atoms with Crippen molar-refractivity contribution in [2.24, 2.45) is 7.05 Å². The SMILES string of the molecule is CCCCn1c(=O)[nH]c(=O)c2c1nc(CSc1nc3c(cc1C#N)CCCC3)n2C. The lowest BCUT2D eigenvalue weighted by Gasteiger charge is -2.16. The maximum atomic E-state index is 12.4. The standard InChI is InChI=1S/C21H24N6O2S/c1-3-4-9-27-18-17(19(28)25-21(27)29)26(2)16(24-18)12-30-20-14(11-22)10-13-7-5-6-8-15(13)23-20/h10H,3-9,12H2,1-2H3,(H,25,28,29). The van der Waals surface area contributed by atoms with Crippen LogP contribution in [0.2, 0.25) is 0 Å². The molecule has 8 nitrogen and oxygen atoms in total. The van der Waals surface area contributed by atoms with Gasteiger partial charge in [0.25, 0.3) is 5.56 Å². The van der Waals surface area contributed by atoms with Crippen molar-refractivity contribution < 1.29 is 0 Å². The summed E-state index contributed by atoms with van der Waals surface area (Å²) in [5.74, 6) is 1.12. The van der Waals surface area contributed by atoms with Crippen LogP contribution < -0.4 is 11.2 Å². The molecule has 4 rings (SSSR count). The largest absolute Gasteiger partial charge is 0.330 e. The first-order chi connectivity index (χ1) is 14.5. The Kier molecular flexibility index (Phi) is 5.77. The summed E-state index contributed by atoms with van der Waals surface area (Å²) in [7, 11) is 1.78. The molecule has 0 fully saturated rings. The number of aromatic nitrogens is 5. The van der Waals surface area contributed by atoms with Crippen LogP contribution in [0.25, 0.3) is 11.2 Å². The van der Waals surface area contributed by atoms with E-state index in [1.54, 1.807) is 11.6 Å². The number of aryl methyl sites for hydroxylation is 4. The van der Waals surface area contributed by atoms with Crippen molar-refractivity contribution in [3.63, 3.8) is 0 Å². The van der Waals surface area contributed by atoms with Crippen LogP contribution in [0.4, 0.5) is 0 Å². The van der Waals surface area contributed by atoms with Crippen LogP contribution in [0, 0.1) is 11.3 Å². The zero-order valence-corrected chi connectivity index (χ0v) is 18.0. The van der Waals surface area contributed by atoms with Crippen molar-refractivity contribution in [1.82, 2.24) is 24.1 Å². The first-order valence-corrected chi connectivity index (χ1v) is 11.3. The normalized spacial score (nSPS) is 13.4. The number of aromatic amines is 1. The molecular weight excluding hydrogens is 400 g/mol. The fourth-order valence-corrected chi connectivity index (χ4v) is 4.84. The smallest absolute Gasteiger partial charge is 0.325 e. The molecule has 0 atom stereocenters. The van der Waals surface area contributed by atoms with Crippen LogP contribution in [0.3, 0.4) is 0 Å². The highest BCUT2D eigenvalue weighted by molar-refractivity contribution is 7.98. The zero-order valence-electron chi connectivity index (χ0n) is 17.2. The molecule has 9 heteroatoms. The summed E-state index contributed by atoms with van der Waals surface area (Å²) in [6.07, 6.45) is 5.94. The maximum absolute atomic E-state index is 12.4. The van der Waals surface area contributed by atoms with Crippen molar-refractivity contribution in [3.05, 3.63) is 49.5 Å². The Morgan fingerprint density at radius 3 is 2.83 bits per heavy atom. The van der Waals surface area contributed by atoms with Gasteiger partial charge in [0.15, 0.2) is 11.2 Å². The first-order valence-electron chi connectivity index (χ1n) is 10.3. The lowest BCUT2D eigenvalue weighted by Crippen LogP contribution is -2.31. The molecule has 30 heavy (non-hydrogen) atoms. The average molecular weight is 425 g/mol. The van der Waals surface area contributed by atoms with E-state index in [-0.39, 0.29) is 0 Å². The fraction of sp³-hybridized carbons (Fsp3) is 0.476. The predicted octanol–water partition coefficient (Wildman–Crippen LogP) is 2.66. The van der Waals surface area contributed by atoms with Crippen LogP contribution >= 0.6 is 11.8 Å². The highest BCUT2D eigenvalue weighted by atomic mass is 32.2. The van der Waals surface area contributed by atoms with Crippen LogP contribution in [0.1, 0.15) is 55.3 Å². The molecule has 0 aliphatic heterocycles. The molecule has 0 amide bonds. The molecule has 1 aliphatic rings. The fourth-order valence-electron chi connectivity index (χ4n) is 3.88. The van der Waals surface area contributed by atoms with Gasteiger partial charge in [0, 0.05) is 19.3 Å². The third kappa shape index (κ3) is 3.67. The molecule has 1 aliphatic carbocycles. The van der Waals surface area contributed by atoms with E-state index in [0.29, 0.717) is 39.9 Å². The summed E-state index contributed by atoms with van der Waals surface area (Å²) in [6.45, 7) is 2.56. The van der Waals surface area contributed by atoms with Gasteiger partial charge in [-0.15, -0.1) is 0 Å². The molecule has 0 spiro atoms. The number of hydrogen-bond donors (Lipinski definition) is 1. The van der Waals surface area contributed by atoms with Crippen LogP contribution in [-0.2, 0) is 32.2 Å². The van der Waals surface area contributed by atoms with Gasteiger partial charge >= 0.3 is 5.69 Å². The number of imidazole rings is 1. The molecule has 3 aromatic heterocycles. The van der Waals surface area contributed by atoms with Crippen molar-refractivity contribution >= 4 is 22.9 Å². The van der Waals surface area contributed by atoms with Crippen LogP contribution in [0.15, 0.2) is 20.7 Å². The number of nitriles is 1. The van der Waals surface area contributed by atoms with E-state index in [1.165, 1.54) is 21.9 Å². The minimum atomic E-state index is -0.432. The van der Waals surface area contributed by atoms with Gasteiger partial charge in [-0.25, -0.2) is 14.8 Å². The summed E-state index contributed by atoms with van der Waals surface area (Å²) in [6, 6.07) is 4.23. The second kappa shape index (κ2) is 8.48. The number of hydrogen-bond acceptors (Lipinski definition) is 6. The zero-order chi connectivity index (χ0) is 21.3. The van der Waals surface area contributed by atoms with Gasteiger partial charge in [-0.1, -0.05) is 25.1 Å². The number of nitrogens with one attached hydrogen (secondary N) is 1. The Bertz CT molecular complexity index is 1260. The minimum Gasteiger partial charge on any atom is -0.325 e. The molecule has 3 aromatic rings. The number of rotatable bonds is 6. The molecule has 1 N–H and O–H groups in total. The summed E-state index contributed by atoms with van der Waals surface area (Å²) in [5, 5.41) is 10.3. The van der Waals surface area contributed by atoms with E-state index in [1.807, 2.05) is 13.0 Å². The molecule has 3 heterocycles. The van der Waals surface area contributed by atoms with Gasteiger partial charge in [0.2, 0.25) is 0 Å². The number of thioether (sulfide) groups is 1. The second-order valence-electron chi connectivity index (χ2n) is 7.58. The van der Waals surface area contributed by atoms with Crippen molar-refractivity contribution in [2.45, 2.75) is 62.8 Å². The third-order valence-electron chi connectivity index (χ3n) is 5.57. The van der Waals surface area contributed by atoms with E-state index in [9.17, 15) is 14.9 Å². The van der Waals surface area contributed by atoms with E-state index in [4.69, 9.17) is 4.98 Å². The highest BCUT2D eigenvalue weighted by Crippen LogP contribution is 2.29. The quantitative estimate of drug-likeness (QED) is 0.609. The number of H-pyrrole nitrogens is 1. The second-order valence-corrected chi connectivity index (χ2v) is 8.54. The predicted molar refractivity (Wildman–Crippen MR) is 116 cm³/mol. The van der Waals surface area contributed by atoms with Gasteiger partial charge in [-0.2, -0.15) is 5.26 Å². The van der Waals surface area contributed by atoms with Crippen LogP contribution in [0.5, 0.6) is 0 Å². The van der Waals surface area contributed by atoms with Gasteiger partial charge in [-0.05, 0) is 43.7 Å². The molecular formula is C21H24N6O2S. The summed E-state index contributed by atoms with van der Waals surface area (Å²) in [5.41, 5.74) is 2.78. The topological polar surface area (TPSA) is 109 Å². The molecule has 0 saturated heterocycles. The van der Waals surface area contributed by atoms with E-state index in [0.717, 1.165) is 44.2 Å². The van der Waals surface area contributed by atoms with Crippen LogP contribution in [-0.4, -0.2) is 24.1 Å². The summed E-state index contributed by atoms with van der Waals surface area (Å²) in [4.78, 5) is 36.5. The molecule has 0 unspecified atom stereocenters. The monoisotopic (exact) mass is 424 g/mol. The third-order valence-corrected chi connectivity index (χ3v) is 6.55. The molecule has 0 saturated carbocycles. The van der Waals surface area contributed by atoms with Crippen molar-refractivity contribution in [1.29, 1.82) is 5.26 Å². The molecule has 0 radical (unpaired) electrons. The van der Waals surface area contributed by atoms with E-state index in [2.05, 4.69) is 16.0 Å². The van der Waals surface area contributed by atoms with Gasteiger partial charge < -0.3 is 4.57 Å². The number of pyridine rings is 1. The first kappa shape index (κ1) is 20.4. The Labute approximate surface area is 178 Å². The van der Waals surface area contributed by atoms with E-state index < -0.39 is 11.2 Å². The summed E-state index contributed by atoms with van der Waals surface area (Å²) >= 11 is 1.44. The Morgan fingerprint density at radius 1 is 1.27 bits per heavy atom. The highest BCUT2D eigenvalue weighted by Gasteiger charge is 2.19. The average Bonchev–Trinajstić information content (AvgIpc) is 3.07. The van der Waals surface area contributed by atoms with Gasteiger partial charge in [0.05, 0.1) is 11.3 Å². The molecule has 0 aromatic carbocycles. The maximum Gasteiger partial charge on any atom is 0.330 e. The van der Waals surface area contributed by atoms with Crippen molar-refractivity contribution in [2.75, 3.05) is 0 Å². The lowest BCUT2D eigenvalue weighted by molar-refractivity contribution is 0.613. The number of unbranched alkanes of at least 4 members (excludes halogenated alkanes) is 1. The number of fused-ring (bicyclic) bond motifs is 2. The lowest BCUT2D eigenvalue weighted by atomic mass is 9.95. The van der Waals surface area contributed by atoms with Gasteiger partial charge in [-0.3, -0.25) is 14.3 Å². The number of nitrogens with zero attached hydrogens (tertiary/aromatic N) is 5. The molecule has 0 bridgehead atoms. The summed E-state index contributed by atoms with van der Waals surface area (Å²) < 4.78 is 3.26. The van der Waals surface area contributed by atoms with Gasteiger partial charge in [0.1, 0.15) is 16.9 Å². The Morgan fingerprint density at radius 2 is 2.07 bits per heavy atom. The van der Waals surface area contributed by atoms with Crippen molar-refractivity contribution in [3.8, 4) is 6.07 Å². The Balaban J connectivity index is 1.69. The molecule has 156 valence electrons.